The third kappa shape index (κ3) is 4.76. The number of nitrogen functional groups attached to an aromatic ring is 1. The summed E-state index contributed by atoms with van der Waals surface area (Å²) in [4.78, 5) is 37.0. The summed E-state index contributed by atoms with van der Waals surface area (Å²) in [6.07, 6.45) is 1.84. The fourth-order valence-electron chi connectivity index (χ4n) is 5.65. The Morgan fingerprint density at radius 2 is 1.86 bits per heavy atom. The minimum atomic E-state index is -0.966. The number of rotatable bonds is 7. The van der Waals surface area contributed by atoms with Gasteiger partial charge in [-0.1, -0.05) is 0 Å². The average Bonchev–Trinajstić information content (AvgIpc) is 3.65. The number of aromatic nitrogens is 4. The standard InChI is InChI=1S/C29H32N8O5/c1-3-35(4-2)18-9-7-17(8-10-18)28(38)33-21-12-11-20(24-25(21)42-16-41-24)23-22-26(30)31-15-32-27(22)37(34-23)19-6-5-13-36(14-19)29(39)40/h7-12,15,19H,3-6,13-14,16H2,1-2H3,(H,33,38)(H,39,40)(H2,30,31,32)/t19-/m1/s1. The van der Waals surface area contributed by atoms with Crippen molar-refractivity contribution in [2.45, 2.75) is 32.7 Å². The molecule has 2 aliphatic heterocycles. The smallest absolute Gasteiger partial charge is 0.407 e. The molecule has 4 aromatic rings. The molecule has 218 valence electrons. The van der Waals surface area contributed by atoms with Crippen molar-refractivity contribution in [3.05, 3.63) is 48.3 Å². The summed E-state index contributed by atoms with van der Waals surface area (Å²) in [5.74, 6) is 0.758. The Hall–Kier alpha value is -5.07. The Morgan fingerprint density at radius 3 is 2.60 bits per heavy atom. The van der Waals surface area contributed by atoms with Crippen LogP contribution in [0.4, 0.5) is 22.0 Å². The van der Waals surface area contributed by atoms with E-state index in [1.807, 2.05) is 12.1 Å². The summed E-state index contributed by atoms with van der Waals surface area (Å²) in [6, 6.07) is 10.8. The lowest BCUT2D eigenvalue weighted by Gasteiger charge is -2.30. The molecule has 2 aromatic carbocycles. The summed E-state index contributed by atoms with van der Waals surface area (Å²) < 4.78 is 13.4. The normalized spacial score (nSPS) is 16.0. The lowest BCUT2D eigenvalue weighted by Crippen LogP contribution is -2.40. The number of ether oxygens (including phenoxy) is 2. The van der Waals surface area contributed by atoms with E-state index in [-0.39, 0.29) is 31.1 Å². The molecule has 1 saturated heterocycles. The monoisotopic (exact) mass is 572 g/mol. The first-order chi connectivity index (χ1) is 20.4. The van der Waals surface area contributed by atoms with E-state index < -0.39 is 6.09 Å². The molecule has 4 heterocycles. The SMILES string of the molecule is CCN(CC)c1ccc(C(=O)Nc2ccc(-c3nn([C@@H]4CCCN(C(=O)O)C4)c4ncnc(N)c34)c3c2OCO3)cc1. The van der Waals surface area contributed by atoms with Crippen LogP contribution in [0.3, 0.4) is 0 Å². The van der Waals surface area contributed by atoms with Gasteiger partial charge in [-0.2, -0.15) is 5.10 Å². The number of carbonyl (C=O) groups is 2. The van der Waals surface area contributed by atoms with E-state index in [1.54, 1.807) is 28.9 Å². The summed E-state index contributed by atoms with van der Waals surface area (Å²) >= 11 is 0. The molecule has 0 saturated carbocycles. The van der Waals surface area contributed by atoms with Crippen molar-refractivity contribution in [2.75, 3.05) is 48.9 Å². The maximum Gasteiger partial charge on any atom is 0.407 e. The van der Waals surface area contributed by atoms with Crippen molar-refractivity contribution >= 4 is 40.2 Å². The highest BCUT2D eigenvalue weighted by Gasteiger charge is 2.31. The zero-order chi connectivity index (χ0) is 29.4. The quantitative estimate of drug-likeness (QED) is 0.292. The molecule has 0 radical (unpaired) electrons. The Morgan fingerprint density at radius 1 is 1.10 bits per heavy atom. The molecule has 0 unspecified atom stereocenters. The molecule has 0 aliphatic carbocycles. The van der Waals surface area contributed by atoms with Crippen LogP contribution >= 0.6 is 0 Å². The van der Waals surface area contributed by atoms with E-state index in [2.05, 4.69) is 34.0 Å². The molecule has 42 heavy (non-hydrogen) atoms. The van der Waals surface area contributed by atoms with Gasteiger partial charge in [0.15, 0.2) is 17.1 Å². The number of piperidine rings is 1. The van der Waals surface area contributed by atoms with Crippen LogP contribution in [0.5, 0.6) is 11.5 Å². The number of nitrogens with one attached hydrogen (secondary N) is 1. The molecule has 2 aliphatic rings. The van der Waals surface area contributed by atoms with Crippen LogP contribution in [0, 0.1) is 0 Å². The molecule has 6 rings (SSSR count). The van der Waals surface area contributed by atoms with Gasteiger partial charge in [0.25, 0.3) is 5.91 Å². The molecule has 2 amide bonds. The van der Waals surface area contributed by atoms with Gasteiger partial charge in [0, 0.05) is 43.0 Å². The highest BCUT2D eigenvalue weighted by atomic mass is 16.7. The zero-order valence-corrected chi connectivity index (χ0v) is 23.4. The lowest BCUT2D eigenvalue weighted by atomic mass is 10.1. The van der Waals surface area contributed by atoms with Crippen LogP contribution in [-0.2, 0) is 0 Å². The second-order valence-electron chi connectivity index (χ2n) is 10.2. The largest absolute Gasteiger partial charge is 0.465 e. The van der Waals surface area contributed by atoms with Crippen molar-refractivity contribution in [1.29, 1.82) is 0 Å². The van der Waals surface area contributed by atoms with Crippen LogP contribution in [0.25, 0.3) is 22.3 Å². The van der Waals surface area contributed by atoms with Crippen molar-refractivity contribution in [1.82, 2.24) is 24.6 Å². The molecule has 1 fully saturated rings. The first-order valence-electron chi connectivity index (χ1n) is 14.0. The molecular weight excluding hydrogens is 540 g/mol. The van der Waals surface area contributed by atoms with Crippen molar-refractivity contribution in [2.24, 2.45) is 0 Å². The summed E-state index contributed by atoms with van der Waals surface area (Å²) in [5, 5.41) is 17.9. The number of nitrogens with zero attached hydrogens (tertiary/aromatic N) is 6. The molecule has 13 nitrogen and oxygen atoms in total. The maximum absolute atomic E-state index is 13.1. The van der Waals surface area contributed by atoms with E-state index in [9.17, 15) is 14.7 Å². The van der Waals surface area contributed by atoms with Crippen LogP contribution in [0.2, 0.25) is 0 Å². The van der Waals surface area contributed by atoms with E-state index in [0.717, 1.165) is 25.2 Å². The van der Waals surface area contributed by atoms with Crippen molar-refractivity contribution < 1.29 is 24.2 Å². The van der Waals surface area contributed by atoms with Crippen LogP contribution in [-0.4, -0.2) is 74.7 Å². The fourth-order valence-corrected chi connectivity index (χ4v) is 5.65. The minimum Gasteiger partial charge on any atom is -0.465 e. The Kier molecular flexibility index (Phi) is 7.15. The molecule has 2 aromatic heterocycles. The van der Waals surface area contributed by atoms with Crippen molar-refractivity contribution in [3.63, 3.8) is 0 Å². The lowest BCUT2D eigenvalue weighted by molar-refractivity contribution is 0.102. The third-order valence-electron chi connectivity index (χ3n) is 7.81. The fraction of sp³-hybridized carbons (Fsp3) is 0.345. The number of benzene rings is 2. The van der Waals surface area contributed by atoms with E-state index in [0.29, 0.717) is 58.0 Å². The number of nitrogens with two attached hydrogens (primary N) is 1. The number of likely N-dealkylation sites (tertiary alicyclic amines) is 1. The highest BCUT2D eigenvalue weighted by molar-refractivity contribution is 6.06. The number of carboxylic acid groups (broad SMARTS) is 1. The van der Waals surface area contributed by atoms with Gasteiger partial charge >= 0.3 is 6.09 Å². The molecule has 13 heteroatoms. The van der Waals surface area contributed by atoms with Gasteiger partial charge in [0.05, 0.1) is 17.1 Å². The van der Waals surface area contributed by atoms with E-state index in [1.165, 1.54) is 11.2 Å². The molecule has 4 N–H and O–H groups in total. The second kappa shape index (κ2) is 11.1. The maximum atomic E-state index is 13.1. The zero-order valence-electron chi connectivity index (χ0n) is 23.4. The van der Waals surface area contributed by atoms with Gasteiger partial charge < -0.3 is 35.4 Å². The molecule has 1 atom stereocenters. The number of amides is 2. The third-order valence-corrected chi connectivity index (χ3v) is 7.81. The van der Waals surface area contributed by atoms with Gasteiger partial charge in [-0.25, -0.2) is 19.4 Å². The molecule has 0 spiro atoms. The minimum absolute atomic E-state index is 0.0331. The predicted octanol–water partition coefficient (Wildman–Crippen LogP) is 4.22. The first-order valence-corrected chi connectivity index (χ1v) is 14.0. The van der Waals surface area contributed by atoms with Crippen LogP contribution < -0.4 is 25.4 Å². The molecule has 0 bridgehead atoms. The topological polar surface area (TPSA) is 161 Å². The number of hydrogen-bond acceptors (Lipinski definition) is 9. The summed E-state index contributed by atoms with van der Waals surface area (Å²) in [6.45, 7) is 6.67. The van der Waals surface area contributed by atoms with E-state index in [4.69, 9.17) is 20.3 Å². The average molecular weight is 573 g/mol. The highest BCUT2D eigenvalue weighted by Crippen LogP contribution is 2.48. The number of hydrogen-bond donors (Lipinski definition) is 3. The Balaban J connectivity index is 1.34. The predicted molar refractivity (Wildman–Crippen MR) is 157 cm³/mol. The van der Waals surface area contributed by atoms with Gasteiger partial charge in [-0.05, 0) is 63.1 Å². The first kappa shape index (κ1) is 27.1. The summed E-state index contributed by atoms with van der Waals surface area (Å²) in [5.41, 5.74) is 9.94. The summed E-state index contributed by atoms with van der Waals surface area (Å²) in [7, 11) is 0. The van der Waals surface area contributed by atoms with E-state index >= 15 is 0 Å². The number of carbonyl (C=O) groups excluding carboxylic acids is 1. The number of fused-ring (bicyclic) bond motifs is 2. The van der Waals surface area contributed by atoms with Gasteiger partial charge in [0.2, 0.25) is 6.79 Å². The molecular formula is C29H32N8O5. The Bertz CT molecular complexity index is 1650. The van der Waals surface area contributed by atoms with Gasteiger partial charge in [0.1, 0.15) is 17.8 Å². The second-order valence-corrected chi connectivity index (χ2v) is 10.2. The number of anilines is 3. The Labute approximate surface area is 241 Å². The van der Waals surface area contributed by atoms with Crippen LogP contribution in [0.1, 0.15) is 43.1 Å². The van der Waals surface area contributed by atoms with Crippen molar-refractivity contribution in [3.8, 4) is 22.8 Å². The van der Waals surface area contributed by atoms with Gasteiger partial charge in [-0.3, -0.25) is 4.79 Å². The van der Waals surface area contributed by atoms with Gasteiger partial charge in [-0.15, -0.1) is 0 Å². The van der Waals surface area contributed by atoms with Crippen LogP contribution in [0.15, 0.2) is 42.7 Å².